The minimum Gasteiger partial charge on any atom is -0.493 e. The first-order valence-corrected chi connectivity index (χ1v) is 4.92. The van der Waals surface area contributed by atoms with Gasteiger partial charge >= 0.3 is 6.18 Å². The SMILES string of the molecule is COc1cc(CCl)ccc1OCC(F)(F)F. The van der Waals surface area contributed by atoms with Gasteiger partial charge in [0, 0.05) is 5.88 Å². The fourth-order valence-corrected chi connectivity index (χ4v) is 1.24. The molecule has 0 atom stereocenters. The molecule has 0 radical (unpaired) electrons. The predicted octanol–water partition coefficient (Wildman–Crippen LogP) is 3.38. The Bertz CT molecular complexity index is 352. The maximum atomic E-state index is 11.9. The van der Waals surface area contributed by atoms with Gasteiger partial charge in [-0.25, -0.2) is 0 Å². The molecule has 0 unspecified atom stereocenters. The number of ether oxygens (including phenoxy) is 2. The Labute approximate surface area is 95.9 Å². The van der Waals surface area contributed by atoms with Crippen LogP contribution in [0.25, 0.3) is 0 Å². The van der Waals surface area contributed by atoms with Crippen LogP contribution in [0.15, 0.2) is 18.2 Å². The highest BCUT2D eigenvalue weighted by molar-refractivity contribution is 6.17. The average Bonchev–Trinajstić information content (AvgIpc) is 2.25. The second-order valence-electron chi connectivity index (χ2n) is 3.02. The molecular weight excluding hydrogens is 245 g/mol. The second kappa shape index (κ2) is 5.30. The van der Waals surface area contributed by atoms with Gasteiger partial charge in [0.15, 0.2) is 18.1 Å². The lowest BCUT2D eigenvalue weighted by Crippen LogP contribution is -2.19. The molecule has 0 aromatic heterocycles. The molecule has 0 saturated heterocycles. The topological polar surface area (TPSA) is 18.5 Å². The first-order chi connectivity index (χ1) is 7.46. The van der Waals surface area contributed by atoms with E-state index in [1.165, 1.54) is 13.2 Å². The number of hydrogen-bond donors (Lipinski definition) is 0. The van der Waals surface area contributed by atoms with Crippen molar-refractivity contribution < 1.29 is 22.6 Å². The quantitative estimate of drug-likeness (QED) is 0.767. The van der Waals surface area contributed by atoms with Crippen molar-refractivity contribution in [3.05, 3.63) is 23.8 Å². The summed E-state index contributed by atoms with van der Waals surface area (Å²) in [5.74, 6) is 0.548. The molecule has 0 amide bonds. The minimum atomic E-state index is -4.36. The normalized spacial score (nSPS) is 11.3. The molecule has 16 heavy (non-hydrogen) atoms. The van der Waals surface area contributed by atoms with Gasteiger partial charge in [-0.05, 0) is 17.7 Å². The molecule has 0 saturated carbocycles. The summed E-state index contributed by atoms with van der Waals surface area (Å²) in [6.07, 6.45) is -4.36. The molecule has 1 aromatic carbocycles. The molecule has 0 aliphatic rings. The molecule has 1 aromatic rings. The fourth-order valence-electron chi connectivity index (χ4n) is 1.07. The van der Waals surface area contributed by atoms with E-state index in [4.69, 9.17) is 16.3 Å². The van der Waals surface area contributed by atoms with Gasteiger partial charge in [0.05, 0.1) is 7.11 Å². The van der Waals surface area contributed by atoms with Gasteiger partial charge < -0.3 is 9.47 Å². The Balaban J connectivity index is 2.79. The van der Waals surface area contributed by atoms with Crippen molar-refractivity contribution in [1.29, 1.82) is 0 Å². The van der Waals surface area contributed by atoms with Crippen molar-refractivity contribution in [2.75, 3.05) is 13.7 Å². The van der Waals surface area contributed by atoms with Crippen molar-refractivity contribution in [1.82, 2.24) is 0 Å². The van der Waals surface area contributed by atoms with Gasteiger partial charge in [0.1, 0.15) is 0 Å². The van der Waals surface area contributed by atoms with E-state index in [1.54, 1.807) is 12.1 Å². The maximum absolute atomic E-state index is 11.9. The summed E-state index contributed by atoms with van der Waals surface area (Å²) < 4.78 is 45.3. The summed E-state index contributed by atoms with van der Waals surface area (Å²) in [5.41, 5.74) is 0.748. The molecule has 0 fully saturated rings. The molecule has 0 heterocycles. The van der Waals surface area contributed by atoms with E-state index >= 15 is 0 Å². The van der Waals surface area contributed by atoms with Crippen LogP contribution in [0.3, 0.4) is 0 Å². The number of halogens is 4. The van der Waals surface area contributed by atoms with Gasteiger partial charge in [-0.15, -0.1) is 11.6 Å². The highest BCUT2D eigenvalue weighted by Gasteiger charge is 2.28. The van der Waals surface area contributed by atoms with Crippen LogP contribution in [-0.4, -0.2) is 19.9 Å². The molecule has 6 heteroatoms. The molecule has 0 spiro atoms. The van der Waals surface area contributed by atoms with Crippen LogP contribution in [0, 0.1) is 0 Å². The number of alkyl halides is 4. The zero-order valence-corrected chi connectivity index (χ0v) is 9.23. The lowest BCUT2D eigenvalue weighted by atomic mass is 10.2. The highest BCUT2D eigenvalue weighted by atomic mass is 35.5. The first kappa shape index (κ1) is 13.0. The molecule has 1 rings (SSSR count). The van der Waals surface area contributed by atoms with E-state index in [9.17, 15) is 13.2 Å². The van der Waals surface area contributed by atoms with Crippen LogP contribution in [0.4, 0.5) is 13.2 Å². The van der Waals surface area contributed by atoms with Crippen LogP contribution in [0.2, 0.25) is 0 Å². The number of hydrogen-bond acceptors (Lipinski definition) is 2. The van der Waals surface area contributed by atoms with Crippen LogP contribution in [-0.2, 0) is 5.88 Å². The summed E-state index contributed by atoms with van der Waals surface area (Å²) >= 11 is 5.58. The maximum Gasteiger partial charge on any atom is 0.422 e. The Morgan fingerprint density at radius 1 is 1.25 bits per heavy atom. The van der Waals surface area contributed by atoms with Crippen LogP contribution >= 0.6 is 11.6 Å². The monoisotopic (exact) mass is 254 g/mol. The molecule has 90 valence electrons. The Morgan fingerprint density at radius 2 is 1.94 bits per heavy atom. The zero-order valence-electron chi connectivity index (χ0n) is 8.47. The number of benzene rings is 1. The highest BCUT2D eigenvalue weighted by Crippen LogP contribution is 2.30. The van der Waals surface area contributed by atoms with Crippen molar-refractivity contribution in [3.8, 4) is 11.5 Å². The molecule has 0 aliphatic carbocycles. The lowest BCUT2D eigenvalue weighted by molar-refractivity contribution is -0.153. The molecule has 0 N–H and O–H groups in total. The first-order valence-electron chi connectivity index (χ1n) is 4.38. The third-order valence-corrected chi connectivity index (χ3v) is 2.08. The smallest absolute Gasteiger partial charge is 0.422 e. The fraction of sp³-hybridized carbons (Fsp3) is 0.400. The summed E-state index contributed by atoms with van der Waals surface area (Å²) in [7, 11) is 1.35. The van der Waals surface area contributed by atoms with E-state index < -0.39 is 12.8 Å². The number of rotatable bonds is 4. The van der Waals surface area contributed by atoms with Crippen LogP contribution in [0.5, 0.6) is 11.5 Å². The molecule has 2 nitrogen and oxygen atoms in total. The molecule has 0 aliphatic heterocycles. The summed E-state index contributed by atoms with van der Waals surface area (Å²) in [5, 5.41) is 0. The summed E-state index contributed by atoms with van der Waals surface area (Å²) in [4.78, 5) is 0. The van der Waals surface area contributed by atoms with E-state index in [0.29, 0.717) is 0 Å². The van der Waals surface area contributed by atoms with Crippen molar-refractivity contribution in [2.24, 2.45) is 0 Å². The predicted molar refractivity (Wildman–Crippen MR) is 54.1 cm³/mol. The zero-order chi connectivity index (χ0) is 12.2. The average molecular weight is 255 g/mol. The third kappa shape index (κ3) is 3.81. The molecule has 0 bridgehead atoms. The van der Waals surface area contributed by atoms with E-state index in [-0.39, 0.29) is 17.4 Å². The van der Waals surface area contributed by atoms with Gasteiger partial charge in [-0.3, -0.25) is 0 Å². The Hall–Kier alpha value is -1.10. The van der Waals surface area contributed by atoms with E-state index in [1.807, 2.05) is 0 Å². The number of methoxy groups -OCH3 is 1. The van der Waals surface area contributed by atoms with E-state index in [0.717, 1.165) is 5.56 Å². The van der Waals surface area contributed by atoms with Crippen molar-refractivity contribution >= 4 is 11.6 Å². The van der Waals surface area contributed by atoms with Gasteiger partial charge in [0.25, 0.3) is 0 Å². The minimum absolute atomic E-state index is 0.0497. The van der Waals surface area contributed by atoms with Gasteiger partial charge in [-0.2, -0.15) is 13.2 Å². The standard InChI is InChI=1S/C10H10ClF3O2/c1-15-9-4-7(5-11)2-3-8(9)16-6-10(12,13)14/h2-4H,5-6H2,1H3. The molecular formula is C10H10ClF3O2. The third-order valence-electron chi connectivity index (χ3n) is 1.77. The van der Waals surface area contributed by atoms with Crippen LogP contribution in [0.1, 0.15) is 5.56 Å². The second-order valence-corrected chi connectivity index (χ2v) is 3.29. The summed E-state index contributed by atoms with van der Waals surface area (Å²) in [6, 6.07) is 4.53. The van der Waals surface area contributed by atoms with Crippen LogP contribution < -0.4 is 9.47 Å². The Kier molecular flexibility index (Phi) is 4.29. The summed E-state index contributed by atoms with van der Waals surface area (Å²) in [6.45, 7) is -1.34. The van der Waals surface area contributed by atoms with Crippen molar-refractivity contribution in [3.63, 3.8) is 0 Å². The lowest BCUT2D eigenvalue weighted by Gasteiger charge is -2.12. The van der Waals surface area contributed by atoms with Crippen molar-refractivity contribution in [2.45, 2.75) is 12.1 Å². The van der Waals surface area contributed by atoms with Gasteiger partial charge in [0.2, 0.25) is 0 Å². The van der Waals surface area contributed by atoms with Gasteiger partial charge in [-0.1, -0.05) is 6.07 Å². The largest absolute Gasteiger partial charge is 0.493 e. The Morgan fingerprint density at radius 3 is 2.44 bits per heavy atom. The van der Waals surface area contributed by atoms with E-state index in [2.05, 4.69) is 4.74 Å².